The molecular formula is C21H30FN3O3. The number of nitrogens with zero attached hydrogens (tertiary/aromatic N) is 2. The average Bonchev–Trinajstić information content (AvgIpc) is 3.12. The molecule has 1 N–H and O–H groups in total. The lowest BCUT2D eigenvalue weighted by Crippen LogP contribution is -2.56. The zero-order valence-electron chi connectivity index (χ0n) is 16.9. The zero-order chi connectivity index (χ0) is 20.3. The fourth-order valence-corrected chi connectivity index (χ4v) is 4.08. The van der Waals surface area contributed by atoms with E-state index in [1.807, 2.05) is 25.7 Å². The summed E-state index contributed by atoms with van der Waals surface area (Å²) < 4.78 is 18.7. The van der Waals surface area contributed by atoms with Gasteiger partial charge in [0.15, 0.2) is 0 Å². The number of anilines is 1. The van der Waals surface area contributed by atoms with Gasteiger partial charge < -0.3 is 19.9 Å². The Bertz CT molecular complexity index is 702. The highest BCUT2D eigenvalue weighted by Gasteiger charge is 2.41. The summed E-state index contributed by atoms with van der Waals surface area (Å²) in [5.41, 5.74) is 0.0160. The number of carbonyl (C=O) groups excluding carboxylic acids is 2. The van der Waals surface area contributed by atoms with Crippen molar-refractivity contribution < 1.29 is 18.7 Å². The predicted molar refractivity (Wildman–Crippen MR) is 106 cm³/mol. The van der Waals surface area contributed by atoms with Crippen LogP contribution in [-0.4, -0.2) is 52.7 Å². The number of likely N-dealkylation sites (tertiary alicyclic amines) is 2. The minimum Gasteiger partial charge on any atom is -0.444 e. The molecule has 6 nitrogen and oxygen atoms in total. The highest BCUT2D eigenvalue weighted by molar-refractivity contribution is 5.89. The first-order valence-corrected chi connectivity index (χ1v) is 10.1. The van der Waals surface area contributed by atoms with Gasteiger partial charge in [0.05, 0.1) is 12.1 Å². The minimum absolute atomic E-state index is 0.0332. The van der Waals surface area contributed by atoms with E-state index in [1.54, 1.807) is 17.0 Å². The molecule has 2 aliphatic rings. The molecule has 0 saturated carbocycles. The second kappa shape index (κ2) is 8.37. The molecule has 2 heterocycles. The Morgan fingerprint density at radius 3 is 2.29 bits per heavy atom. The third-order valence-electron chi connectivity index (χ3n) is 5.28. The van der Waals surface area contributed by atoms with Crippen LogP contribution in [0.5, 0.6) is 0 Å². The summed E-state index contributed by atoms with van der Waals surface area (Å²) in [6.07, 6.45) is 4.30. The number of hydrogen-bond donors (Lipinski definition) is 1. The van der Waals surface area contributed by atoms with Crippen molar-refractivity contribution in [2.45, 2.75) is 70.6 Å². The van der Waals surface area contributed by atoms with Crippen molar-refractivity contribution in [2.24, 2.45) is 0 Å². The molecule has 2 aliphatic heterocycles. The van der Waals surface area contributed by atoms with E-state index in [-0.39, 0.29) is 30.0 Å². The molecular weight excluding hydrogens is 361 g/mol. The van der Waals surface area contributed by atoms with Crippen LogP contribution >= 0.6 is 0 Å². The summed E-state index contributed by atoms with van der Waals surface area (Å²) in [5, 5.41) is 2.86. The lowest BCUT2D eigenvalue weighted by Gasteiger charge is -2.42. The predicted octanol–water partition coefficient (Wildman–Crippen LogP) is 4.61. The van der Waals surface area contributed by atoms with Gasteiger partial charge in [-0.2, -0.15) is 0 Å². The second-order valence-electron chi connectivity index (χ2n) is 8.58. The van der Waals surface area contributed by atoms with Gasteiger partial charge in [-0.1, -0.05) is 0 Å². The number of ether oxygens (including phenoxy) is 1. The summed E-state index contributed by atoms with van der Waals surface area (Å²) in [7, 11) is 0. The van der Waals surface area contributed by atoms with E-state index in [9.17, 15) is 14.0 Å². The molecule has 3 amide bonds. The van der Waals surface area contributed by atoms with Gasteiger partial charge in [-0.15, -0.1) is 0 Å². The minimum atomic E-state index is -0.545. The van der Waals surface area contributed by atoms with Crippen LogP contribution in [0.25, 0.3) is 0 Å². The van der Waals surface area contributed by atoms with Gasteiger partial charge in [0, 0.05) is 18.8 Å². The monoisotopic (exact) mass is 391 g/mol. The van der Waals surface area contributed by atoms with Gasteiger partial charge in [0.1, 0.15) is 11.4 Å². The van der Waals surface area contributed by atoms with Crippen molar-refractivity contribution in [2.75, 3.05) is 18.4 Å². The number of urea groups is 1. The van der Waals surface area contributed by atoms with E-state index >= 15 is 0 Å². The highest BCUT2D eigenvalue weighted by Crippen LogP contribution is 2.31. The smallest absolute Gasteiger partial charge is 0.410 e. The maximum atomic E-state index is 13.1. The van der Waals surface area contributed by atoms with Crippen LogP contribution < -0.4 is 5.32 Å². The van der Waals surface area contributed by atoms with Crippen LogP contribution in [0.3, 0.4) is 0 Å². The van der Waals surface area contributed by atoms with Crippen molar-refractivity contribution in [1.82, 2.24) is 9.80 Å². The molecule has 0 aromatic heterocycles. The van der Waals surface area contributed by atoms with Crippen molar-refractivity contribution >= 4 is 17.8 Å². The van der Waals surface area contributed by atoms with Crippen molar-refractivity contribution in [3.8, 4) is 0 Å². The van der Waals surface area contributed by atoms with Gasteiger partial charge >= 0.3 is 12.1 Å². The van der Waals surface area contributed by atoms with Crippen molar-refractivity contribution in [1.29, 1.82) is 0 Å². The number of carbonyl (C=O) groups is 2. The normalized spacial score (nSPS) is 22.9. The number of nitrogens with one attached hydrogen (secondary N) is 1. The third-order valence-corrected chi connectivity index (χ3v) is 5.28. The van der Waals surface area contributed by atoms with Gasteiger partial charge in [0.2, 0.25) is 0 Å². The molecule has 1 aromatic carbocycles. The van der Waals surface area contributed by atoms with Crippen LogP contribution in [0.1, 0.15) is 52.9 Å². The largest absolute Gasteiger partial charge is 0.444 e. The quantitative estimate of drug-likeness (QED) is 0.801. The zero-order valence-corrected chi connectivity index (χ0v) is 16.9. The van der Waals surface area contributed by atoms with E-state index < -0.39 is 5.60 Å². The summed E-state index contributed by atoms with van der Waals surface area (Å²) in [5.74, 6) is -0.340. The standard InChI is InChI=1S/C21H30FN3O3/c1-21(2,3)28-20(27)25-14-6-8-18(25)17-7-4-5-13-24(17)19(26)23-16-11-9-15(22)10-12-16/h9-12,17-18H,4-8,13-14H2,1-3H3,(H,23,26)/t17-,18-/m1/s1. The van der Waals surface area contributed by atoms with Crippen LogP contribution in [-0.2, 0) is 4.74 Å². The molecule has 0 bridgehead atoms. The molecule has 2 fully saturated rings. The summed E-state index contributed by atoms with van der Waals surface area (Å²) in [6.45, 7) is 6.89. The number of amides is 3. The molecule has 0 radical (unpaired) electrons. The molecule has 2 atom stereocenters. The summed E-state index contributed by atoms with van der Waals surface area (Å²) >= 11 is 0. The number of piperidine rings is 1. The van der Waals surface area contributed by atoms with E-state index in [0.717, 1.165) is 32.1 Å². The molecule has 0 unspecified atom stereocenters. The second-order valence-corrected chi connectivity index (χ2v) is 8.58. The van der Waals surface area contributed by atoms with Gasteiger partial charge in [-0.3, -0.25) is 0 Å². The maximum Gasteiger partial charge on any atom is 0.410 e. The Hall–Kier alpha value is -2.31. The Balaban J connectivity index is 1.71. The molecule has 2 saturated heterocycles. The maximum absolute atomic E-state index is 13.1. The summed E-state index contributed by atoms with van der Waals surface area (Å²) in [4.78, 5) is 29.2. The van der Waals surface area contributed by atoms with Crippen LogP contribution in [0, 0.1) is 5.82 Å². The average molecular weight is 391 g/mol. The van der Waals surface area contributed by atoms with Crippen molar-refractivity contribution in [3.63, 3.8) is 0 Å². The molecule has 7 heteroatoms. The lowest BCUT2D eigenvalue weighted by atomic mass is 9.94. The third kappa shape index (κ3) is 4.94. The molecule has 0 spiro atoms. The van der Waals surface area contributed by atoms with E-state index in [1.165, 1.54) is 12.1 Å². The van der Waals surface area contributed by atoms with E-state index in [2.05, 4.69) is 5.32 Å². The fraction of sp³-hybridized carbons (Fsp3) is 0.619. The first-order chi connectivity index (χ1) is 13.2. The topological polar surface area (TPSA) is 61.9 Å². The Morgan fingerprint density at radius 1 is 1.00 bits per heavy atom. The van der Waals surface area contributed by atoms with Gasteiger partial charge in [0.25, 0.3) is 0 Å². The molecule has 154 valence electrons. The van der Waals surface area contributed by atoms with Gasteiger partial charge in [-0.25, -0.2) is 14.0 Å². The molecule has 0 aliphatic carbocycles. The number of halogens is 1. The SMILES string of the molecule is CC(C)(C)OC(=O)N1CCC[C@@H]1[C@H]1CCCCN1C(=O)Nc1ccc(F)cc1. The first-order valence-electron chi connectivity index (χ1n) is 10.1. The van der Waals surface area contributed by atoms with Crippen LogP contribution in [0.15, 0.2) is 24.3 Å². The van der Waals surface area contributed by atoms with Crippen LogP contribution in [0.4, 0.5) is 19.7 Å². The number of benzene rings is 1. The highest BCUT2D eigenvalue weighted by atomic mass is 19.1. The lowest BCUT2D eigenvalue weighted by molar-refractivity contribution is 0.0121. The Morgan fingerprint density at radius 2 is 1.61 bits per heavy atom. The number of hydrogen-bond acceptors (Lipinski definition) is 3. The number of rotatable bonds is 2. The molecule has 28 heavy (non-hydrogen) atoms. The molecule has 1 aromatic rings. The first kappa shape index (κ1) is 20.4. The Labute approximate surface area is 166 Å². The van der Waals surface area contributed by atoms with Crippen LogP contribution in [0.2, 0.25) is 0 Å². The summed E-state index contributed by atoms with van der Waals surface area (Å²) in [6, 6.07) is 5.48. The van der Waals surface area contributed by atoms with E-state index in [0.29, 0.717) is 18.8 Å². The van der Waals surface area contributed by atoms with Gasteiger partial charge in [-0.05, 0) is 77.1 Å². The van der Waals surface area contributed by atoms with Crippen molar-refractivity contribution in [3.05, 3.63) is 30.1 Å². The molecule has 3 rings (SSSR count). The van der Waals surface area contributed by atoms with E-state index in [4.69, 9.17) is 4.74 Å². The fourth-order valence-electron chi connectivity index (χ4n) is 4.08. The Kier molecular flexibility index (Phi) is 6.10.